The van der Waals surface area contributed by atoms with Gasteiger partial charge in [-0.25, -0.2) is 17.8 Å². The number of fused-ring (bicyclic) bond motifs is 1. The van der Waals surface area contributed by atoms with Crippen molar-refractivity contribution < 1.29 is 17.6 Å². The molecule has 7 nitrogen and oxygen atoms in total. The number of amides is 1. The number of benzene rings is 2. The summed E-state index contributed by atoms with van der Waals surface area (Å²) in [7, 11) is 0.209. The number of hydrogen-bond acceptors (Lipinski definition) is 6. The fourth-order valence-electron chi connectivity index (χ4n) is 4.28. The summed E-state index contributed by atoms with van der Waals surface area (Å²) >= 11 is 1.53. The van der Waals surface area contributed by atoms with E-state index >= 15 is 0 Å². The van der Waals surface area contributed by atoms with Gasteiger partial charge in [0.1, 0.15) is 5.82 Å². The minimum atomic E-state index is -3.72. The van der Waals surface area contributed by atoms with Gasteiger partial charge >= 0.3 is 0 Å². The largest absolute Gasteiger partial charge is 0.308 e. The van der Waals surface area contributed by atoms with Crippen molar-refractivity contribution in [3.8, 4) is 0 Å². The number of sulfonamides is 1. The minimum absolute atomic E-state index is 0.0138. The molecule has 35 heavy (non-hydrogen) atoms. The average molecular weight is 519 g/mol. The molecule has 0 unspecified atom stereocenters. The number of likely N-dealkylation sites (N-methyl/N-ethyl adjacent to an activating group) is 1. The van der Waals surface area contributed by atoms with Gasteiger partial charge in [0.2, 0.25) is 15.9 Å². The third-order valence-electron chi connectivity index (χ3n) is 6.45. The van der Waals surface area contributed by atoms with Crippen molar-refractivity contribution in [3.63, 3.8) is 0 Å². The lowest BCUT2D eigenvalue weighted by Gasteiger charge is -2.33. The van der Waals surface area contributed by atoms with Crippen molar-refractivity contribution in [1.29, 1.82) is 0 Å². The molecule has 0 bridgehead atoms. The molecule has 0 saturated carbocycles. The normalized spacial score (nSPS) is 15.7. The maximum atomic E-state index is 13.7. The quantitative estimate of drug-likeness (QED) is 0.472. The van der Waals surface area contributed by atoms with Crippen LogP contribution >= 0.6 is 11.3 Å². The van der Waals surface area contributed by atoms with Gasteiger partial charge in [-0.3, -0.25) is 9.69 Å². The lowest BCUT2D eigenvalue weighted by Crippen LogP contribution is -2.46. The van der Waals surface area contributed by atoms with E-state index in [9.17, 15) is 17.6 Å². The molecule has 0 radical (unpaired) electrons. The zero-order valence-electron chi connectivity index (χ0n) is 20.5. The molecule has 0 atom stereocenters. The minimum Gasteiger partial charge on any atom is -0.308 e. The smallest absolute Gasteiger partial charge is 0.243 e. The zero-order chi connectivity index (χ0) is 25.3. The molecular formula is C25H31FN4O3S2. The summed E-state index contributed by atoms with van der Waals surface area (Å²) in [6.45, 7) is 5.77. The highest BCUT2D eigenvalue weighted by molar-refractivity contribution is 7.89. The maximum absolute atomic E-state index is 13.7. The molecule has 4 rings (SSSR count). The first-order chi connectivity index (χ1) is 16.6. The Kier molecular flexibility index (Phi) is 7.56. The summed E-state index contributed by atoms with van der Waals surface area (Å²) in [5.74, 6) is -0.780. The molecule has 1 fully saturated rings. The summed E-state index contributed by atoms with van der Waals surface area (Å²) in [4.78, 5) is 22.4. The lowest BCUT2D eigenvalue weighted by atomic mass is 9.96. The fraction of sp³-hybridized carbons (Fsp3) is 0.440. The van der Waals surface area contributed by atoms with Gasteiger partial charge in [0.25, 0.3) is 0 Å². The summed E-state index contributed by atoms with van der Waals surface area (Å²) < 4.78 is 41.6. The molecular weight excluding hydrogens is 487 g/mol. The Hall–Kier alpha value is -2.40. The number of carbonyl (C=O) groups is 1. The first-order valence-electron chi connectivity index (χ1n) is 11.7. The van der Waals surface area contributed by atoms with Gasteiger partial charge in [-0.05, 0) is 76.2 Å². The maximum Gasteiger partial charge on any atom is 0.243 e. The predicted molar refractivity (Wildman–Crippen MR) is 138 cm³/mol. The number of piperidine rings is 1. The molecule has 10 heteroatoms. The van der Waals surface area contributed by atoms with Gasteiger partial charge in [0.15, 0.2) is 5.13 Å². The molecule has 1 aliphatic rings. The molecule has 0 spiro atoms. The van der Waals surface area contributed by atoms with Crippen molar-refractivity contribution in [2.75, 3.05) is 45.2 Å². The molecule has 1 aromatic heterocycles. The van der Waals surface area contributed by atoms with E-state index in [-0.39, 0.29) is 29.8 Å². The van der Waals surface area contributed by atoms with Crippen molar-refractivity contribution in [3.05, 3.63) is 53.3 Å². The SMILES string of the molecule is Cc1ccc(C)c2sc(N(CCN(C)C)C(=O)C3CCN(S(=O)(=O)c4ccc(F)cc4)CC3)nc12. The van der Waals surface area contributed by atoms with E-state index in [1.807, 2.05) is 38.9 Å². The number of nitrogens with zero attached hydrogens (tertiary/aromatic N) is 4. The van der Waals surface area contributed by atoms with Gasteiger partial charge < -0.3 is 4.90 Å². The third-order valence-corrected chi connectivity index (χ3v) is 9.58. The molecule has 0 aliphatic carbocycles. The molecule has 2 heterocycles. The highest BCUT2D eigenvalue weighted by Gasteiger charge is 2.35. The van der Waals surface area contributed by atoms with Crippen LogP contribution in [0.3, 0.4) is 0 Å². The second-order valence-corrected chi connectivity index (χ2v) is 12.2. The second-order valence-electron chi connectivity index (χ2n) is 9.30. The molecule has 1 saturated heterocycles. The zero-order valence-corrected chi connectivity index (χ0v) is 22.1. The first-order valence-corrected chi connectivity index (χ1v) is 13.9. The van der Waals surface area contributed by atoms with Crippen molar-refractivity contribution in [2.45, 2.75) is 31.6 Å². The predicted octanol–water partition coefficient (Wildman–Crippen LogP) is 4.05. The number of carbonyl (C=O) groups excluding carboxylic acids is 1. The number of aromatic nitrogens is 1. The number of anilines is 1. The average Bonchev–Trinajstić information content (AvgIpc) is 3.28. The van der Waals surface area contributed by atoms with Crippen LogP contribution in [-0.2, 0) is 14.8 Å². The van der Waals surface area contributed by atoms with Crippen molar-refractivity contribution >= 4 is 42.6 Å². The Balaban J connectivity index is 1.53. The lowest BCUT2D eigenvalue weighted by molar-refractivity contribution is -0.123. The summed E-state index contributed by atoms with van der Waals surface area (Å²) in [6, 6.07) is 8.97. The van der Waals surface area contributed by atoms with E-state index in [1.54, 1.807) is 4.90 Å². The number of aryl methyl sites for hydroxylation is 2. The van der Waals surface area contributed by atoms with Crippen LogP contribution in [0.5, 0.6) is 0 Å². The molecule has 1 amide bonds. The Bertz CT molecular complexity index is 1280. The van der Waals surface area contributed by atoms with Crippen LogP contribution in [-0.4, -0.2) is 68.8 Å². The van der Waals surface area contributed by atoms with Crippen LogP contribution < -0.4 is 4.90 Å². The van der Waals surface area contributed by atoms with E-state index in [0.717, 1.165) is 33.5 Å². The summed E-state index contributed by atoms with van der Waals surface area (Å²) in [6.07, 6.45) is 0.862. The number of hydrogen-bond donors (Lipinski definition) is 0. The molecule has 3 aromatic rings. The molecule has 2 aromatic carbocycles. The van der Waals surface area contributed by atoms with Crippen molar-refractivity contribution in [2.24, 2.45) is 5.92 Å². The first kappa shape index (κ1) is 25.7. The van der Waals surface area contributed by atoms with Crippen LogP contribution in [0.25, 0.3) is 10.2 Å². The number of thiazole rings is 1. The second kappa shape index (κ2) is 10.3. The van der Waals surface area contributed by atoms with Gasteiger partial charge in [-0.15, -0.1) is 0 Å². The summed E-state index contributed by atoms with van der Waals surface area (Å²) in [5.41, 5.74) is 3.13. The van der Waals surface area contributed by atoms with Gasteiger partial charge in [0.05, 0.1) is 15.1 Å². The van der Waals surface area contributed by atoms with Crippen LogP contribution in [0, 0.1) is 25.6 Å². The van der Waals surface area contributed by atoms with E-state index in [0.29, 0.717) is 31.1 Å². The highest BCUT2D eigenvalue weighted by atomic mass is 32.2. The topological polar surface area (TPSA) is 73.8 Å². The Labute approximate surface area is 210 Å². The van der Waals surface area contributed by atoms with Crippen molar-refractivity contribution in [1.82, 2.24) is 14.2 Å². The van der Waals surface area contributed by atoms with Crippen LogP contribution in [0.4, 0.5) is 9.52 Å². The Morgan fingerprint density at radius 3 is 2.29 bits per heavy atom. The molecule has 0 N–H and O–H groups in total. The summed E-state index contributed by atoms with van der Waals surface area (Å²) in [5, 5.41) is 0.686. The monoisotopic (exact) mass is 518 g/mol. The molecule has 188 valence electrons. The van der Waals surface area contributed by atoms with Crippen LogP contribution in [0.2, 0.25) is 0 Å². The van der Waals surface area contributed by atoms with E-state index in [2.05, 4.69) is 6.07 Å². The number of halogens is 1. The van der Waals surface area contributed by atoms with Gasteiger partial charge in [-0.2, -0.15) is 4.31 Å². The standard InChI is InChI=1S/C25H31FN4O3S2/c1-17-5-6-18(2)23-22(17)27-25(34-23)30(16-15-28(3)4)24(31)19-11-13-29(14-12-19)35(32,33)21-9-7-20(26)8-10-21/h5-10,19H,11-16H2,1-4H3. The van der Waals surface area contributed by atoms with Crippen LogP contribution in [0.15, 0.2) is 41.3 Å². The fourth-order valence-corrected chi connectivity index (χ4v) is 6.90. The number of rotatable bonds is 7. The van der Waals surface area contributed by atoms with E-state index in [1.165, 1.54) is 27.8 Å². The molecule has 1 aliphatic heterocycles. The van der Waals surface area contributed by atoms with Gasteiger partial charge in [-0.1, -0.05) is 23.5 Å². The highest BCUT2D eigenvalue weighted by Crippen LogP contribution is 2.35. The van der Waals surface area contributed by atoms with Gasteiger partial charge in [0, 0.05) is 32.1 Å². The van der Waals surface area contributed by atoms with E-state index in [4.69, 9.17) is 4.98 Å². The van der Waals surface area contributed by atoms with E-state index < -0.39 is 15.8 Å². The Morgan fingerprint density at radius 2 is 1.69 bits per heavy atom. The Morgan fingerprint density at radius 1 is 1.06 bits per heavy atom. The van der Waals surface area contributed by atoms with Crippen LogP contribution in [0.1, 0.15) is 24.0 Å². The third kappa shape index (κ3) is 5.40.